The molecule has 1 aliphatic rings. The number of carbonyl (C=O) groups excluding carboxylic acids is 1. The number of aliphatic hydroxyl groups is 1. The summed E-state index contributed by atoms with van der Waals surface area (Å²) < 4.78 is 17.3. The Morgan fingerprint density at radius 3 is 3.00 bits per heavy atom. The van der Waals surface area contributed by atoms with Crippen LogP contribution in [0.2, 0.25) is 0 Å². The molecule has 3 N–H and O–H groups in total. The van der Waals surface area contributed by atoms with Crippen LogP contribution in [0.5, 0.6) is 0 Å². The molecule has 3 rings (SSSR count). The van der Waals surface area contributed by atoms with Gasteiger partial charge in [0, 0.05) is 5.92 Å². The Hall–Kier alpha value is -2.90. The highest BCUT2D eigenvalue weighted by atomic mass is 16.7. The number of nitrogen functional groups attached to an aromatic ring is 1. The molecular weight excluding hydrogens is 354 g/mol. The van der Waals surface area contributed by atoms with Crippen LogP contribution >= 0.6 is 0 Å². The molecule has 1 fully saturated rings. The summed E-state index contributed by atoms with van der Waals surface area (Å²) in [5.41, 5.74) is 5.33. The van der Waals surface area contributed by atoms with Gasteiger partial charge in [-0.2, -0.15) is 10.4 Å². The SMILES string of the molecule is CCCOC(=O)OC[C@@]1(C#N)O[C@@H](c2ccc3c(N)ncnn23)[C@H](C)[C@@H]1O. The minimum Gasteiger partial charge on any atom is -0.434 e. The van der Waals surface area contributed by atoms with Crippen molar-refractivity contribution in [2.45, 2.75) is 38.1 Å². The number of nitrogens with two attached hydrogens (primary N) is 1. The molecule has 0 saturated carbocycles. The van der Waals surface area contributed by atoms with Gasteiger partial charge in [-0.15, -0.1) is 0 Å². The summed E-state index contributed by atoms with van der Waals surface area (Å²) >= 11 is 0. The highest BCUT2D eigenvalue weighted by Gasteiger charge is 2.55. The van der Waals surface area contributed by atoms with E-state index in [2.05, 4.69) is 10.1 Å². The normalized spacial score (nSPS) is 27.4. The van der Waals surface area contributed by atoms with Gasteiger partial charge in [-0.3, -0.25) is 0 Å². The van der Waals surface area contributed by atoms with Gasteiger partial charge < -0.3 is 25.1 Å². The van der Waals surface area contributed by atoms with Gasteiger partial charge in [0.2, 0.25) is 5.60 Å². The average molecular weight is 375 g/mol. The molecule has 0 bridgehead atoms. The molecule has 0 amide bonds. The monoisotopic (exact) mass is 375 g/mol. The third-order valence-corrected chi connectivity index (χ3v) is 4.61. The quantitative estimate of drug-likeness (QED) is 0.736. The number of aromatic nitrogens is 3. The van der Waals surface area contributed by atoms with Crippen molar-refractivity contribution in [2.75, 3.05) is 18.9 Å². The predicted octanol–water partition coefficient (Wildman–Crippen LogP) is 1.21. The van der Waals surface area contributed by atoms with E-state index in [1.807, 2.05) is 13.0 Å². The number of hydrogen-bond donors (Lipinski definition) is 2. The second-order valence-electron chi connectivity index (χ2n) is 6.43. The molecule has 10 heteroatoms. The zero-order chi connectivity index (χ0) is 19.6. The minimum absolute atomic E-state index is 0.206. The Bertz CT molecular complexity index is 878. The Kier molecular flexibility index (Phi) is 5.16. The van der Waals surface area contributed by atoms with Crippen LogP contribution in [0.15, 0.2) is 18.5 Å². The number of anilines is 1. The first-order valence-corrected chi connectivity index (χ1v) is 8.58. The van der Waals surface area contributed by atoms with E-state index in [0.717, 1.165) is 0 Å². The van der Waals surface area contributed by atoms with Crippen molar-refractivity contribution < 1.29 is 24.1 Å². The zero-order valence-corrected chi connectivity index (χ0v) is 15.0. The lowest BCUT2D eigenvalue weighted by molar-refractivity contribution is -0.0855. The summed E-state index contributed by atoms with van der Waals surface area (Å²) in [5.74, 6) is -0.162. The maximum atomic E-state index is 11.6. The van der Waals surface area contributed by atoms with Crippen LogP contribution < -0.4 is 5.73 Å². The summed E-state index contributed by atoms with van der Waals surface area (Å²) in [6, 6.07) is 5.43. The number of ether oxygens (including phenoxy) is 3. The Balaban J connectivity index is 1.84. The van der Waals surface area contributed by atoms with Gasteiger partial charge in [0.05, 0.1) is 12.3 Å². The molecule has 3 heterocycles. The van der Waals surface area contributed by atoms with E-state index < -0.39 is 36.5 Å². The van der Waals surface area contributed by atoms with Crippen molar-refractivity contribution in [3.05, 3.63) is 24.2 Å². The summed E-state index contributed by atoms with van der Waals surface area (Å²) in [4.78, 5) is 15.5. The molecule has 0 spiro atoms. The van der Waals surface area contributed by atoms with Crippen LogP contribution in [-0.2, 0) is 14.2 Å². The van der Waals surface area contributed by atoms with E-state index in [4.69, 9.17) is 19.9 Å². The summed E-state index contributed by atoms with van der Waals surface area (Å²) in [5, 5.41) is 24.5. The number of nitriles is 1. The van der Waals surface area contributed by atoms with Crippen molar-refractivity contribution in [2.24, 2.45) is 5.92 Å². The maximum Gasteiger partial charge on any atom is 0.508 e. The first-order chi connectivity index (χ1) is 12.9. The van der Waals surface area contributed by atoms with Crippen LogP contribution in [0, 0.1) is 17.2 Å². The van der Waals surface area contributed by atoms with Crippen molar-refractivity contribution in [1.82, 2.24) is 14.6 Å². The molecule has 0 radical (unpaired) electrons. The van der Waals surface area contributed by atoms with Gasteiger partial charge in [-0.25, -0.2) is 14.3 Å². The molecule has 2 aromatic heterocycles. The molecule has 2 aromatic rings. The van der Waals surface area contributed by atoms with E-state index in [1.165, 1.54) is 6.33 Å². The van der Waals surface area contributed by atoms with Gasteiger partial charge >= 0.3 is 6.16 Å². The molecule has 144 valence electrons. The predicted molar refractivity (Wildman–Crippen MR) is 92.3 cm³/mol. The first kappa shape index (κ1) is 18.9. The number of aliphatic hydroxyl groups excluding tert-OH is 1. The van der Waals surface area contributed by atoms with Crippen molar-refractivity contribution in [3.63, 3.8) is 0 Å². The Morgan fingerprint density at radius 1 is 1.52 bits per heavy atom. The summed E-state index contributed by atoms with van der Waals surface area (Å²) in [6.45, 7) is 3.35. The molecule has 0 aliphatic carbocycles. The van der Waals surface area contributed by atoms with Crippen molar-refractivity contribution >= 4 is 17.5 Å². The number of hydrogen-bond acceptors (Lipinski definition) is 9. The van der Waals surface area contributed by atoms with E-state index >= 15 is 0 Å². The Labute approximate surface area is 155 Å². The minimum atomic E-state index is -1.71. The lowest BCUT2D eigenvalue weighted by Crippen LogP contribution is -2.44. The summed E-state index contributed by atoms with van der Waals surface area (Å²) in [6.07, 6.45) is -0.801. The van der Waals surface area contributed by atoms with E-state index in [0.29, 0.717) is 23.4 Å². The van der Waals surface area contributed by atoms with Crippen LogP contribution in [-0.4, -0.2) is 50.8 Å². The number of fused-ring (bicyclic) bond motifs is 1. The molecule has 27 heavy (non-hydrogen) atoms. The second kappa shape index (κ2) is 7.38. The fourth-order valence-corrected chi connectivity index (χ4v) is 3.15. The molecule has 0 unspecified atom stereocenters. The van der Waals surface area contributed by atoms with Crippen LogP contribution in [0.1, 0.15) is 32.1 Å². The fourth-order valence-electron chi connectivity index (χ4n) is 3.15. The lowest BCUT2D eigenvalue weighted by Gasteiger charge is -2.24. The summed E-state index contributed by atoms with van der Waals surface area (Å²) in [7, 11) is 0. The molecule has 1 aliphatic heterocycles. The van der Waals surface area contributed by atoms with Crippen LogP contribution in [0.3, 0.4) is 0 Å². The van der Waals surface area contributed by atoms with Gasteiger partial charge in [0.15, 0.2) is 5.82 Å². The van der Waals surface area contributed by atoms with E-state index in [-0.39, 0.29) is 6.61 Å². The van der Waals surface area contributed by atoms with E-state index in [9.17, 15) is 15.2 Å². The maximum absolute atomic E-state index is 11.6. The molecular formula is C17H21N5O5. The van der Waals surface area contributed by atoms with Crippen molar-refractivity contribution in [3.8, 4) is 6.07 Å². The van der Waals surface area contributed by atoms with Crippen LogP contribution in [0.4, 0.5) is 10.6 Å². The smallest absolute Gasteiger partial charge is 0.434 e. The van der Waals surface area contributed by atoms with Crippen molar-refractivity contribution in [1.29, 1.82) is 5.26 Å². The molecule has 1 saturated heterocycles. The number of rotatable bonds is 5. The number of nitrogens with zero attached hydrogens (tertiary/aromatic N) is 4. The zero-order valence-electron chi connectivity index (χ0n) is 15.0. The molecule has 0 aromatic carbocycles. The lowest BCUT2D eigenvalue weighted by atomic mass is 9.90. The van der Waals surface area contributed by atoms with Gasteiger partial charge in [-0.1, -0.05) is 13.8 Å². The highest BCUT2D eigenvalue weighted by molar-refractivity contribution is 5.65. The topological polar surface area (TPSA) is 145 Å². The Morgan fingerprint density at radius 2 is 2.30 bits per heavy atom. The first-order valence-electron chi connectivity index (χ1n) is 8.58. The number of carbonyl (C=O) groups is 1. The standard InChI is InChI=1S/C17H21N5O5/c1-3-6-25-16(24)26-8-17(7-18)14(23)10(2)13(27-17)11-4-5-12-15(19)20-9-21-22(11)12/h4-5,9-10,13-14,23H,3,6,8H2,1-2H3,(H2,19,20,21)/t10-,13+,14-,17+/m0/s1. The highest BCUT2D eigenvalue weighted by Crippen LogP contribution is 2.44. The van der Waals surface area contributed by atoms with Gasteiger partial charge in [-0.05, 0) is 18.6 Å². The van der Waals surface area contributed by atoms with Gasteiger partial charge in [0.25, 0.3) is 0 Å². The van der Waals surface area contributed by atoms with Crippen LogP contribution in [0.25, 0.3) is 5.52 Å². The van der Waals surface area contributed by atoms with E-state index in [1.54, 1.807) is 23.6 Å². The third kappa shape index (κ3) is 3.27. The second-order valence-corrected chi connectivity index (χ2v) is 6.43. The largest absolute Gasteiger partial charge is 0.508 e. The molecule has 10 nitrogen and oxygen atoms in total. The fraction of sp³-hybridized carbons (Fsp3) is 0.529. The average Bonchev–Trinajstić information content (AvgIpc) is 3.20. The molecule has 4 atom stereocenters. The van der Waals surface area contributed by atoms with Gasteiger partial charge in [0.1, 0.15) is 36.7 Å². The third-order valence-electron chi connectivity index (χ3n) is 4.61.